The lowest BCUT2D eigenvalue weighted by molar-refractivity contribution is -0.270. The first-order valence-electron chi connectivity index (χ1n) is 35.9. The van der Waals surface area contributed by atoms with Crippen molar-refractivity contribution >= 4 is 39.5 Å². The van der Waals surface area contributed by atoms with Gasteiger partial charge in [-0.05, 0) is 182 Å². The number of halogens is 12. The SMILES string of the molecule is CC(C)(C)OC(=O)N[C@@]1(C)COc2c1cc([C@@](O)(CN)C(F)(F)F)nc2-c1ccc(F)cc1.COc1cc(C(=O)CC[C@](O)(c2cc3c(c(-c4ccc(F)cc4)n2)OC[C@]3(C)N)C(F)(F)F)cc2cccnc12.COc1cc(C(=O)CC[C@](O)(c2cc3c(c(-c4ccc(F)cc4)n2)OC[C@]3(C)n2cnnc2)C(F)(F)F)cc2cccnc12. The number of rotatable bonds is 19. The van der Waals surface area contributed by atoms with Crippen LogP contribution in [0.5, 0.6) is 28.7 Å². The fraction of sp³-hybridized carbons (Fsp3) is 0.317. The highest BCUT2D eigenvalue weighted by Crippen LogP contribution is 2.53. The number of aromatic nitrogens is 8. The quantitative estimate of drug-likeness (QED) is 0.0323. The number of aliphatic hydroxyl groups is 3. The molecule has 8 N–H and O–H groups in total. The maximum Gasteiger partial charge on any atom is 0.424 e. The number of carbonyl (C=O) groups is 3. The predicted octanol–water partition coefficient (Wildman–Crippen LogP) is 14.8. The summed E-state index contributed by atoms with van der Waals surface area (Å²) in [5.41, 5.74) is -3.01. The lowest BCUT2D eigenvalue weighted by Crippen LogP contribution is -2.50. The number of nitrogens with two attached hydrogens (primary N) is 2. The summed E-state index contributed by atoms with van der Waals surface area (Å²) in [5, 5.41) is 44.5. The Bertz CT molecular complexity index is 5590. The highest BCUT2D eigenvalue weighted by atomic mass is 19.4. The van der Waals surface area contributed by atoms with Crippen LogP contribution in [0.15, 0.2) is 165 Å². The third kappa shape index (κ3) is 16.7. The zero-order valence-corrected chi connectivity index (χ0v) is 63.5. The minimum absolute atomic E-state index is 0.00128. The summed E-state index contributed by atoms with van der Waals surface area (Å²) < 4.78 is 205. The number of ether oxygens (including phenoxy) is 6. The molecule has 0 spiro atoms. The van der Waals surface area contributed by atoms with Crippen LogP contribution in [0.1, 0.15) is 122 Å². The van der Waals surface area contributed by atoms with Gasteiger partial charge in [0.1, 0.15) is 106 Å². The van der Waals surface area contributed by atoms with E-state index in [-0.39, 0.29) is 104 Å². The zero-order valence-electron chi connectivity index (χ0n) is 63.5. The molecule has 6 aromatic heterocycles. The number of pyridine rings is 5. The average Bonchev–Trinajstić information content (AvgIpc) is 1.63. The molecule has 5 aromatic carbocycles. The molecular formula is C82H75F12N11O12. The van der Waals surface area contributed by atoms with E-state index in [9.17, 15) is 82.4 Å². The first-order chi connectivity index (χ1) is 54.9. The van der Waals surface area contributed by atoms with Gasteiger partial charge in [0.15, 0.2) is 28.8 Å². The van der Waals surface area contributed by atoms with Gasteiger partial charge in [-0.1, -0.05) is 12.1 Å². The fourth-order valence-electron chi connectivity index (χ4n) is 13.5. The monoisotopic (exact) mass is 1630 g/mol. The number of ketones is 2. The molecule has 0 saturated heterocycles. The molecule has 9 heterocycles. The number of hydrogen-bond acceptors (Lipinski definition) is 21. The maximum absolute atomic E-state index is 14.8. The average molecular weight is 1630 g/mol. The highest BCUT2D eigenvalue weighted by molar-refractivity contribution is 6.02. The molecule has 0 saturated carbocycles. The van der Waals surface area contributed by atoms with E-state index in [1.165, 1.54) is 94.5 Å². The van der Waals surface area contributed by atoms with Gasteiger partial charge in [0.05, 0.1) is 36.8 Å². The smallest absolute Gasteiger partial charge is 0.424 e. The number of nitrogens with zero attached hydrogens (tertiary/aromatic N) is 8. The van der Waals surface area contributed by atoms with Crippen LogP contribution in [0.4, 0.5) is 57.5 Å². The summed E-state index contributed by atoms with van der Waals surface area (Å²) in [5.74, 6) is -1.95. The fourth-order valence-corrected chi connectivity index (χ4v) is 13.5. The standard InChI is InChI=1S/C31H25F4N5O4.C29H25F4N3O4.C22H25F4N3O4/c1-29(40-16-37-38-17-40)15-44-28-22(29)14-25(39-27(28)18-5-7-21(32)8-6-18)30(42,31(33,34)35)10-9-23(41)20-12-19-4-3-11-36-26(19)24(13-20)43-2;1-27(34)15-40-26-20(27)14-23(36-25(26)16-5-7-19(30)8-6-16)28(38,29(31,32)33)10-9-21(37)18-12-17-4-3-11-35-24(17)22(13-18)39-2;1-19(2,3)33-18(30)29-20(4)11-32-17-14(20)9-15(21(31,10-27)22(24,25)26)28-16(17)12-5-7-13(23)8-6-12/h3-8,11-14,16-17,42H,9-10,15H2,1-2H3;3-8,11-14,38H,9-10,15,34H2,1-2H3;5-9,31H,10-11,27H2,1-4H3,(H,29,30)/t29-,30-;27-,28-;20-,21-/m000/s1. The van der Waals surface area contributed by atoms with Crippen LogP contribution in [-0.2, 0) is 38.2 Å². The second kappa shape index (κ2) is 31.6. The number of carbonyl (C=O) groups excluding carboxylic acids is 3. The molecule has 0 bridgehead atoms. The first kappa shape index (κ1) is 84.5. The molecule has 3 aliphatic rings. The van der Waals surface area contributed by atoms with E-state index in [0.29, 0.717) is 27.6 Å². The number of amides is 1. The summed E-state index contributed by atoms with van der Waals surface area (Å²) in [4.78, 5) is 59.7. The number of alkyl halides is 9. The van der Waals surface area contributed by atoms with Gasteiger partial charge in [-0.25, -0.2) is 32.9 Å². The van der Waals surface area contributed by atoms with Crippen LogP contribution >= 0.6 is 0 Å². The Kier molecular flexibility index (Phi) is 22.8. The van der Waals surface area contributed by atoms with E-state index in [2.05, 4.69) is 40.4 Å². The van der Waals surface area contributed by atoms with Gasteiger partial charge >= 0.3 is 24.6 Å². The summed E-state index contributed by atoms with van der Waals surface area (Å²) >= 11 is 0. The molecule has 1 amide bonds. The largest absolute Gasteiger partial charge is 0.494 e. The molecule has 23 nitrogen and oxygen atoms in total. The van der Waals surface area contributed by atoms with Crippen molar-refractivity contribution in [3.05, 3.63) is 227 Å². The number of methoxy groups -OCH3 is 2. The van der Waals surface area contributed by atoms with E-state index < -0.39 is 142 Å². The number of Topliss-reactive ketones (excluding diaryl/α,β-unsaturated/α-hetero) is 2. The molecule has 0 fully saturated rings. The maximum atomic E-state index is 14.8. The van der Waals surface area contributed by atoms with Crippen LogP contribution in [0.3, 0.4) is 0 Å². The topological polar surface area (TPSA) is 327 Å². The number of fused-ring (bicyclic) bond motifs is 5. The van der Waals surface area contributed by atoms with E-state index in [4.69, 9.17) is 39.9 Å². The van der Waals surface area contributed by atoms with Gasteiger partial charge in [-0.3, -0.25) is 19.6 Å². The Hall–Kier alpha value is -11.9. The van der Waals surface area contributed by atoms with Gasteiger partial charge in [-0.15, -0.1) is 10.2 Å². The molecule has 3 aliphatic heterocycles. The summed E-state index contributed by atoms with van der Waals surface area (Å²) in [7, 11) is 2.79. The molecule has 0 unspecified atom stereocenters. The van der Waals surface area contributed by atoms with Crippen molar-refractivity contribution in [1.29, 1.82) is 0 Å². The van der Waals surface area contributed by atoms with Crippen molar-refractivity contribution in [3.63, 3.8) is 0 Å². The molecular weight excluding hydrogens is 1560 g/mol. The Morgan fingerprint density at radius 3 is 1.30 bits per heavy atom. The lowest BCUT2D eigenvalue weighted by atomic mass is 9.85. The minimum Gasteiger partial charge on any atom is -0.494 e. The van der Waals surface area contributed by atoms with Gasteiger partial charge in [0.2, 0.25) is 16.8 Å². The summed E-state index contributed by atoms with van der Waals surface area (Å²) in [6.45, 7) is 8.44. The van der Waals surface area contributed by atoms with Crippen LogP contribution in [-0.4, -0.2) is 137 Å². The van der Waals surface area contributed by atoms with E-state index in [1.807, 2.05) is 0 Å². The van der Waals surface area contributed by atoms with E-state index in [0.717, 1.165) is 54.6 Å². The van der Waals surface area contributed by atoms with Crippen molar-refractivity contribution in [3.8, 4) is 62.5 Å². The van der Waals surface area contributed by atoms with E-state index >= 15 is 0 Å². The summed E-state index contributed by atoms with van der Waals surface area (Å²) in [6, 6.07) is 30.6. The molecule has 614 valence electrons. The Balaban J connectivity index is 0.000000163. The zero-order chi connectivity index (χ0) is 85.0. The van der Waals surface area contributed by atoms with Crippen molar-refractivity contribution in [2.75, 3.05) is 40.6 Å². The van der Waals surface area contributed by atoms with Gasteiger partial charge in [-0.2, -0.15) is 39.5 Å². The number of hydrogen-bond donors (Lipinski definition) is 6. The van der Waals surface area contributed by atoms with Crippen LogP contribution < -0.4 is 40.5 Å². The number of alkyl carbamates (subject to hydrolysis) is 1. The summed E-state index contributed by atoms with van der Waals surface area (Å²) in [6.07, 6.45) is -13.9. The molecule has 0 aliphatic carbocycles. The highest BCUT2D eigenvalue weighted by Gasteiger charge is 2.60. The number of nitrogens with one attached hydrogen (secondary N) is 1. The number of benzene rings is 5. The normalized spacial score (nSPS) is 18.5. The van der Waals surface area contributed by atoms with E-state index in [1.54, 1.807) is 75.8 Å². The molecule has 14 rings (SSSR count). The van der Waals surface area contributed by atoms with Crippen LogP contribution in [0.2, 0.25) is 0 Å². The lowest BCUT2D eigenvalue weighted by Gasteiger charge is -2.32. The van der Waals surface area contributed by atoms with Crippen LogP contribution in [0.25, 0.3) is 55.6 Å². The third-order valence-corrected chi connectivity index (χ3v) is 20.2. The van der Waals surface area contributed by atoms with Crippen molar-refractivity contribution in [1.82, 2.24) is 45.0 Å². The van der Waals surface area contributed by atoms with Crippen molar-refractivity contribution in [2.24, 2.45) is 11.5 Å². The Labute approximate surface area is 659 Å². The molecule has 11 aromatic rings. The van der Waals surface area contributed by atoms with Crippen LogP contribution in [0, 0.1) is 17.5 Å². The first-order valence-corrected chi connectivity index (χ1v) is 35.9. The molecule has 6 atom stereocenters. The van der Waals surface area contributed by atoms with Crippen molar-refractivity contribution in [2.45, 2.75) is 125 Å². The van der Waals surface area contributed by atoms with Gasteiger partial charge in [0.25, 0.3) is 0 Å². The van der Waals surface area contributed by atoms with Gasteiger partial charge < -0.3 is 65.1 Å². The Morgan fingerprint density at radius 2 is 0.897 bits per heavy atom. The predicted molar refractivity (Wildman–Crippen MR) is 399 cm³/mol. The molecule has 35 heteroatoms. The van der Waals surface area contributed by atoms with Gasteiger partial charge in [0, 0.05) is 87.1 Å². The molecule has 0 radical (unpaired) electrons. The second-order valence-corrected chi connectivity index (χ2v) is 29.7. The minimum atomic E-state index is -5.23. The third-order valence-electron chi connectivity index (χ3n) is 20.2. The Morgan fingerprint density at radius 1 is 0.521 bits per heavy atom. The molecule has 117 heavy (non-hydrogen) atoms. The second-order valence-electron chi connectivity index (χ2n) is 29.7. The van der Waals surface area contributed by atoms with Crippen molar-refractivity contribution < 1.29 is 111 Å².